The van der Waals surface area contributed by atoms with Crippen molar-refractivity contribution in [1.82, 2.24) is 10.2 Å². The van der Waals surface area contributed by atoms with Gasteiger partial charge in [0.1, 0.15) is 5.75 Å². The molecule has 0 saturated carbocycles. The molecule has 176 valence electrons. The number of methoxy groups -OCH3 is 1. The lowest BCUT2D eigenvalue weighted by Crippen LogP contribution is -2.50. The quantitative estimate of drug-likeness (QED) is 0.581. The predicted molar refractivity (Wildman–Crippen MR) is 131 cm³/mol. The number of nitrogens with zero attached hydrogens (tertiary/aromatic N) is 2. The van der Waals surface area contributed by atoms with Crippen molar-refractivity contribution >= 4 is 11.6 Å². The minimum absolute atomic E-state index is 0.0279. The van der Waals surface area contributed by atoms with Gasteiger partial charge in [0.05, 0.1) is 13.2 Å². The van der Waals surface area contributed by atoms with E-state index < -0.39 is 0 Å². The molecule has 5 rings (SSSR count). The Labute approximate surface area is 199 Å². The van der Waals surface area contributed by atoms with Gasteiger partial charge in [-0.1, -0.05) is 24.3 Å². The number of anilines is 1. The summed E-state index contributed by atoms with van der Waals surface area (Å²) in [4.78, 5) is 17.6. The highest BCUT2D eigenvalue weighted by atomic mass is 16.7. The molecule has 1 N–H and O–H groups in total. The van der Waals surface area contributed by atoms with Crippen LogP contribution in [0.4, 0.5) is 5.69 Å². The first-order valence-corrected chi connectivity index (χ1v) is 11.6. The van der Waals surface area contributed by atoms with Crippen molar-refractivity contribution in [3.8, 4) is 17.2 Å². The molecule has 0 spiro atoms. The molecule has 34 heavy (non-hydrogen) atoms. The number of ether oxygens (including phenoxy) is 3. The molecule has 0 bridgehead atoms. The normalized spacial score (nSPS) is 16.2. The van der Waals surface area contributed by atoms with Crippen molar-refractivity contribution in [3.63, 3.8) is 0 Å². The van der Waals surface area contributed by atoms with Gasteiger partial charge in [-0.15, -0.1) is 0 Å². The summed E-state index contributed by atoms with van der Waals surface area (Å²) < 4.78 is 16.4. The molecule has 0 aromatic heterocycles. The number of amides is 1. The first-order chi connectivity index (χ1) is 16.7. The Morgan fingerprint density at radius 2 is 1.68 bits per heavy atom. The number of hydrogen-bond acceptors (Lipinski definition) is 6. The molecule has 3 aromatic rings. The van der Waals surface area contributed by atoms with E-state index in [2.05, 4.69) is 33.3 Å². The van der Waals surface area contributed by atoms with E-state index >= 15 is 0 Å². The van der Waals surface area contributed by atoms with E-state index in [0.717, 1.165) is 49.0 Å². The summed E-state index contributed by atoms with van der Waals surface area (Å²) in [5, 5.41) is 3.14. The summed E-state index contributed by atoms with van der Waals surface area (Å²) in [6.07, 6.45) is 0. The lowest BCUT2D eigenvalue weighted by Gasteiger charge is -2.40. The number of hydrogen-bond donors (Lipinski definition) is 1. The average Bonchev–Trinajstić information content (AvgIpc) is 3.38. The molecule has 1 amide bonds. The van der Waals surface area contributed by atoms with Crippen LogP contribution in [0.25, 0.3) is 0 Å². The van der Waals surface area contributed by atoms with E-state index in [4.69, 9.17) is 14.2 Å². The third-order valence-corrected chi connectivity index (χ3v) is 6.47. The summed E-state index contributed by atoms with van der Waals surface area (Å²) in [6.45, 7) is 4.32. The number of benzene rings is 3. The highest BCUT2D eigenvalue weighted by Gasteiger charge is 2.27. The smallest absolute Gasteiger partial charge is 0.251 e. The summed E-state index contributed by atoms with van der Waals surface area (Å²) >= 11 is 0. The van der Waals surface area contributed by atoms with E-state index in [0.29, 0.717) is 12.1 Å². The Morgan fingerprint density at radius 3 is 2.41 bits per heavy atom. The molecule has 2 heterocycles. The molecule has 1 saturated heterocycles. The highest BCUT2D eigenvalue weighted by molar-refractivity contribution is 5.94. The van der Waals surface area contributed by atoms with Gasteiger partial charge in [-0.25, -0.2) is 0 Å². The first-order valence-electron chi connectivity index (χ1n) is 11.6. The number of nitrogens with one attached hydrogen (secondary N) is 1. The van der Waals surface area contributed by atoms with Gasteiger partial charge in [0, 0.05) is 44.0 Å². The van der Waals surface area contributed by atoms with E-state index in [1.807, 2.05) is 54.6 Å². The van der Waals surface area contributed by atoms with Gasteiger partial charge in [-0.3, -0.25) is 9.69 Å². The third kappa shape index (κ3) is 4.79. The van der Waals surface area contributed by atoms with Gasteiger partial charge in [0.2, 0.25) is 6.79 Å². The minimum atomic E-state index is -0.0665. The zero-order chi connectivity index (χ0) is 23.3. The number of piperazine rings is 1. The van der Waals surface area contributed by atoms with Gasteiger partial charge in [-0.2, -0.15) is 0 Å². The van der Waals surface area contributed by atoms with Gasteiger partial charge in [0.15, 0.2) is 11.5 Å². The molecule has 7 heteroatoms. The van der Waals surface area contributed by atoms with Crippen LogP contribution in [-0.4, -0.2) is 57.4 Å². The second-order valence-corrected chi connectivity index (χ2v) is 8.43. The van der Waals surface area contributed by atoms with Crippen LogP contribution >= 0.6 is 0 Å². The van der Waals surface area contributed by atoms with Crippen molar-refractivity contribution < 1.29 is 19.0 Å². The summed E-state index contributed by atoms with van der Waals surface area (Å²) in [5.74, 6) is 2.32. The second-order valence-electron chi connectivity index (χ2n) is 8.43. The van der Waals surface area contributed by atoms with Crippen LogP contribution in [0.3, 0.4) is 0 Å². The van der Waals surface area contributed by atoms with Gasteiger partial charge >= 0.3 is 0 Å². The number of carbonyl (C=O) groups is 1. The maximum absolute atomic E-state index is 12.7. The largest absolute Gasteiger partial charge is 0.497 e. The number of rotatable bonds is 7. The maximum Gasteiger partial charge on any atom is 0.251 e. The molecule has 7 nitrogen and oxygen atoms in total. The average molecular weight is 460 g/mol. The Balaban J connectivity index is 1.30. The molecule has 0 aliphatic carbocycles. The summed E-state index contributed by atoms with van der Waals surface area (Å²) in [6, 6.07) is 23.6. The van der Waals surface area contributed by atoms with Crippen LogP contribution in [0.5, 0.6) is 17.2 Å². The van der Waals surface area contributed by atoms with Crippen molar-refractivity contribution in [3.05, 3.63) is 83.9 Å². The molecule has 1 atom stereocenters. The van der Waals surface area contributed by atoms with Crippen LogP contribution in [0.15, 0.2) is 72.8 Å². The molecule has 0 unspecified atom stereocenters. The Morgan fingerprint density at radius 1 is 0.941 bits per heavy atom. The van der Waals surface area contributed by atoms with Crippen LogP contribution in [-0.2, 0) is 0 Å². The molecule has 0 radical (unpaired) electrons. The van der Waals surface area contributed by atoms with Crippen molar-refractivity contribution in [2.45, 2.75) is 6.04 Å². The minimum Gasteiger partial charge on any atom is -0.497 e. The van der Waals surface area contributed by atoms with Crippen LogP contribution < -0.4 is 24.4 Å². The maximum atomic E-state index is 12.7. The number of fused-ring (bicyclic) bond motifs is 1. The fourth-order valence-electron chi connectivity index (χ4n) is 4.54. The van der Waals surface area contributed by atoms with E-state index in [1.54, 1.807) is 7.11 Å². The number of carbonyl (C=O) groups excluding carboxylic acids is 1. The fourth-order valence-corrected chi connectivity index (χ4v) is 4.54. The second kappa shape index (κ2) is 10.1. The highest BCUT2D eigenvalue weighted by Crippen LogP contribution is 2.36. The third-order valence-electron chi connectivity index (χ3n) is 6.47. The monoisotopic (exact) mass is 459 g/mol. The lowest BCUT2D eigenvalue weighted by molar-refractivity contribution is 0.0930. The Bertz CT molecular complexity index is 1110. The van der Waals surface area contributed by atoms with E-state index in [-0.39, 0.29) is 18.7 Å². The van der Waals surface area contributed by atoms with Gasteiger partial charge in [0.25, 0.3) is 5.91 Å². The van der Waals surface area contributed by atoms with E-state index in [9.17, 15) is 4.79 Å². The molecular weight excluding hydrogens is 430 g/mol. The van der Waals surface area contributed by atoms with Crippen molar-refractivity contribution in [2.75, 3.05) is 51.5 Å². The summed E-state index contributed by atoms with van der Waals surface area (Å²) in [5.41, 5.74) is 2.96. The van der Waals surface area contributed by atoms with Crippen molar-refractivity contribution in [1.29, 1.82) is 0 Å². The SMILES string of the molecule is COc1ccc(N2CCN([C@@H](CNC(=O)c3ccccc3)c3ccc4c(c3)OCO4)CC2)cc1. The zero-order valence-electron chi connectivity index (χ0n) is 19.3. The zero-order valence-corrected chi connectivity index (χ0v) is 19.3. The molecular formula is C27H29N3O4. The molecule has 2 aliphatic rings. The fraction of sp³-hybridized carbons (Fsp3) is 0.296. The van der Waals surface area contributed by atoms with Gasteiger partial charge < -0.3 is 24.4 Å². The lowest BCUT2D eigenvalue weighted by atomic mass is 10.0. The summed E-state index contributed by atoms with van der Waals surface area (Å²) in [7, 11) is 1.68. The topological polar surface area (TPSA) is 63.3 Å². The van der Waals surface area contributed by atoms with Gasteiger partial charge in [-0.05, 0) is 54.1 Å². The van der Waals surface area contributed by atoms with Crippen molar-refractivity contribution in [2.24, 2.45) is 0 Å². The van der Waals surface area contributed by atoms with Crippen LogP contribution in [0, 0.1) is 0 Å². The van der Waals surface area contributed by atoms with Crippen LogP contribution in [0.1, 0.15) is 22.0 Å². The first kappa shape index (κ1) is 22.1. The molecule has 3 aromatic carbocycles. The molecule has 2 aliphatic heterocycles. The Hall–Kier alpha value is -3.71. The van der Waals surface area contributed by atoms with E-state index in [1.165, 1.54) is 5.69 Å². The van der Waals surface area contributed by atoms with Crippen LogP contribution in [0.2, 0.25) is 0 Å². The standard InChI is InChI=1S/C27H29N3O4/c1-32-23-10-8-22(9-11-23)29-13-15-30(16-14-29)24(18-28-27(31)20-5-3-2-4-6-20)21-7-12-25-26(17-21)34-19-33-25/h2-12,17,24H,13-16,18-19H2,1H3,(H,28,31)/t24-/m0/s1. The predicted octanol–water partition coefficient (Wildman–Crippen LogP) is 3.72. The molecule has 1 fully saturated rings. The Kier molecular flexibility index (Phi) is 6.53.